The van der Waals surface area contributed by atoms with Gasteiger partial charge in [0.15, 0.2) is 0 Å². The summed E-state index contributed by atoms with van der Waals surface area (Å²) in [6, 6.07) is 4.51. The highest BCUT2D eigenvalue weighted by Crippen LogP contribution is 2.16. The van der Waals surface area contributed by atoms with Crippen LogP contribution in [0.1, 0.15) is 42.9 Å². The maximum atomic E-state index is 9.75. The molecule has 1 aromatic heterocycles. The van der Waals surface area contributed by atoms with Crippen molar-refractivity contribution in [2.45, 2.75) is 53.5 Å². The van der Waals surface area contributed by atoms with Gasteiger partial charge < -0.3 is 17.3 Å². The fourth-order valence-electron chi connectivity index (χ4n) is 2.78. The van der Waals surface area contributed by atoms with Gasteiger partial charge in [-0.25, -0.2) is 9.13 Å². The molecule has 0 amide bonds. The Kier molecular flexibility index (Phi) is 7.51. The van der Waals surface area contributed by atoms with Gasteiger partial charge in [-0.3, -0.25) is 0 Å². The van der Waals surface area contributed by atoms with Gasteiger partial charge in [-0.15, -0.1) is 0 Å². The van der Waals surface area contributed by atoms with Crippen molar-refractivity contribution in [1.29, 1.82) is 0 Å². The Morgan fingerprint density at radius 2 is 1.54 bits per heavy atom. The number of imidazole rings is 1. The van der Waals surface area contributed by atoms with Crippen molar-refractivity contribution < 1.29 is 21.8 Å². The number of rotatable bonds is 5. The summed E-state index contributed by atoms with van der Waals surface area (Å²) in [5.41, 5.74) is 5.34. The van der Waals surface area contributed by atoms with Crippen LogP contribution in [0.4, 0.5) is 17.3 Å². The highest BCUT2D eigenvalue weighted by molar-refractivity contribution is 6.50. The minimum atomic E-state index is -6.00. The molecule has 2 rings (SSSR count). The van der Waals surface area contributed by atoms with Gasteiger partial charge in [0.25, 0.3) is 0 Å². The van der Waals surface area contributed by atoms with E-state index < -0.39 is 7.25 Å². The largest absolute Gasteiger partial charge is 0.673 e. The van der Waals surface area contributed by atoms with Gasteiger partial charge in [0.2, 0.25) is 6.33 Å². The lowest BCUT2D eigenvalue weighted by atomic mass is 10.1. The van der Waals surface area contributed by atoms with Gasteiger partial charge in [-0.2, -0.15) is 0 Å². The number of aromatic nitrogens is 2. The van der Waals surface area contributed by atoms with Crippen molar-refractivity contribution in [2.75, 3.05) is 0 Å². The molecule has 0 saturated carbocycles. The number of nitrogens with zero attached hydrogens (tertiary/aromatic N) is 2. The molecule has 0 N–H and O–H groups in total. The number of halogens is 4. The minimum Gasteiger partial charge on any atom is -0.418 e. The zero-order chi connectivity index (χ0) is 18.3. The number of hydrogen-bond donors (Lipinski definition) is 0. The second-order valence-electron chi connectivity index (χ2n) is 6.01. The molecule has 0 unspecified atom stereocenters. The Bertz CT molecular complexity index is 621. The molecule has 134 valence electrons. The van der Waals surface area contributed by atoms with E-state index in [1.54, 1.807) is 0 Å². The monoisotopic (exact) mass is 344 g/mol. The zero-order valence-electron chi connectivity index (χ0n) is 14.7. The Balaban J connectivity index is 0.000000505. The quantitative estimate of drug-likeness (QED) is 0.306. The maximum Gasteiger partial charge on any atom is 0.673 e. The molecule has 0 saturated heterocycles. The van der Waals surface area contributed by atoms with E-state index in [4.69, 9.17) is 0 Å². The van der Waals surface area contributed by atoms with Crippen molar-refractivity contribution in [3.63, 3.8) is 0 Å². The summed E-state index contributed by atoms with van der Waals surface area (Å²) in [6.07, 6.45) is 10.4. The van der Waals surface area contributed by atoms with Crippen LogP contribution in [-0.4, -0.2) is 11.8 Å². The van der Waals surface area contributed by atoms with Crippen LogP contribution >= 0.6 is 0 Å². The number of unbranched alkanes of at least 4 members (excludes halogenated alkanes) is 2. The summed E-state index contributed by atoms with van der Waals surface area (Å²) in [7, 11) is -6.00. The molecule has 0 bridgehead atoms. The predicted molar refractivity (Wildman–Crippen MR) is 89.9 cm³/mol. The third-order valence-corrected chi connectivity index (χ3v) is 3.60. The molecule has 1 heterocycles. The van der Waals surface area contributed by atoms with E-state index in [2.05, 4.69) is 67.7 Å². The van der Waals surface area contributed by atoms with E-state index in [0.717, 1.165) is 6.54 Å². The van der Waals surface area contributed by atoms with Crippen LogP contribution in [0, 0.1) is 20.8 Å². The molecule has 1 aromatic carbocycles. The average molecular weight is 344 g/mol. The van der Waals surface area contributed by atoms with Gasteiger partial charge in [0.05, 0.1) is 6.54 Å². The van der Waals surface area contributed by atoms with E-state index in [0.29, 0.717) is 0 Å². The number of hydrogen-bond acceptors (Lipinski definition) is 0. The third-order valence-electron chi connectivity index (χ3n) is 3.60. The molecular formula is C17H25BF4N2. The molecule has 0 aliphatic rings. The first-order valence-corrected chi connectivity index (χ1v) is 8.14. The van der Waals surface area contributed by atoms with Gasteiger partial charge in [0.1, 0.15) is 18.1 Å². The summed E-state index contributed by atoms with van der Waals surface area (Å²) >= 11 is 0. The molecule has 0 radical (unpaired) electrons. The highest BCUT2D eigenvalue weighted by Gasteiger charge is 2.20. The van der Waals surface area contributed by atoms with E-state index in [1.165, 1.54) is 41.6 Å². The summed E-state index contributed by atoms with van der Waals surface area (Å²) in [4.78, 5) is 0. The molecule has 2 nitrogen and oxygen atoms in total. The average Bonchev–Trinajstić information content (AvgIpc) is 2.84. The standard InChI is InChI=1S/C17H25N2.BF4/c1-5-6-7-8-18-9-10-19(13-18)17-15(3)11-14(2)12-16(17)4;2-1(3,4)5/h9-13H,5-8H2,1-4H3;/q+1;-1. The van der Waals surface area contributed by atoms with Crippen LogP contribution in [0.15, 0.2) is 30.9 Å². The summed E-state index contributed by atoms with van der Waals surface area (Å²) < 4.78 is 43.5. The van der Waals surface area contributed by atoms with Crippen LogP contribution in [0.5, 0.6) is 0 Å². The maximum absolute atomic E-state index is 9.75. The number of benzene rings is 1. The topological polar surface area (TPSA) is 8.81 Å². The Morgan fingerprint density at radius 3 is 2.04 bits per heavy atom. The van der Waals surface area contributed by atoms with Crippen LogP contribution in [0.2, 0.25) is 0 Å². The first-order chi connectivity index (χ1) is 11.1. The highest BCUT2D eigenvalue weighted by atomic mass is 19.5. The second-order valence-corrected chi connectivity index (χ2v) is 6.01. The van der Waals surface area contributed by atoms with E-state index >= 15 is 0 Å². The molecule has 0 atom stereocenters. The summed E-state index contributed by atoms with van der Waals surface area (Å²) in [5.74, 6) is 0. The second kappa shape index (κ2) is 8.90. The lowest BCUT2D eigenvalue weighted by Crippen LogP contribution is -2.30. The van der Waals surface area contributed by atoms with Gasteiger partial charge in [0, 0.05) is 0 Å². The van der Waals surface area contributed by atoms with Gasteiger partial charge in [-0.1, -0.05) is 31.0 Å². The van der Waals surface area contributed by atoms with Crippen LogP contribution < -0.4 is 4.57 Å². The van der Waals surface area contributed by atoms with Crippen LogP contribution in [-0.2, 0) is 6.54 Å². The smallest absolute Gasteiger partial charge is 0.418 e. The van der Waals surface area contributed by atoms with E-state index in [-0.39, 0.29) is 0 Å². The fraction of sp³-hybridized carbons (Fsp3) is 0.471. The van der Waals surface area contributed by atoms with Crippen LogP contribution in [0.3, 0.4) is 0 Å². The predicted octanol–water partition coefficient (Wildman–Crippen LogP) is 5.18. The summed E-state index contributed by atoms with van der Waals surface area (Å²) in [6.45, 7) is 9.90. The van der Waals surface area contributed by atoms with Crippen molar-refractivity contribution in [1.82, 2.24) is 4.57 Å². The molecule has 7 heteroatoms. The molecule has 0 fully saturated rings. The SMILES string of the molecule is CCCCCn1cc[n+](-c2c(C)cc(C)cc2C)c1.F[B-](F)(F)F. The minimum absolute atomic E-state index is 1.12. The molecular weight excluding hydrogens is 319 g/mol. The van der Waals surface area contributed by atoms with Gasteiger partial charge in [-0.05, 0) is 44.7 Å². The fourth-order valence-corrected chi connectivity index (χ4v) is 2.78. The molecule has 0 aliphatic carbocycles. The normalized spacial score (nSPS) is 11.2. The van der Waals surface area contributed by atoms with E-state index in [1.807, 2.05) is 0 Å². The first-order valence-electron chi connectivity index (χ1n) is 8.14. The van der Waals surface area contributed by atoms with Gasteiger partial charge >= 0.3 is 7.25 Å². The molecule has 24 heavy (non-hydrogen) atoms. The van der Waals surface area contributed by atoms with Crippen molar-refractivity contribution in [3.05, 3.63) is 47.5 Å². The Labute approximate surface area is 141 Å². The van der Waals surface area contributed by atoms with E-state index in [9.17, 15) is 17.3 Å². The first kappa shape index (κ1) is 20.3. The molecule has 0 aliphatic heterocycles. The van der Waals surface area contributed by atoms with Crippen molar-refractivity contribution >= 4 is 7.25 Å². The Hall–Kier alpha value is -1.79. The number of aryl methyl sites for hydroxylation is 4. The summed E-state index contributed by atoms with van der Waals surface area (Å²) in [5, 5.41) is 0. The van der Waals surface area contributed by atoms with Crippen LogP contribution in [0.25, 0.3) is 5.69 Å². The molecule has 0 spiro atoms. The van der Waals surface area contributed by atoms with Crippen molar-refractivity contribution in [3.8, 4) is 5.69 Å². The lowest BCUT2D eigenvalue weighted by molar-refractivity contribution is -0.596. The Morgan fingerprint density at radius 1 is 1.00 bits per heavy atom. The lowest BCUT2D eigenvalue weighted by Gasteiger charge is -2.07. The van der Waals surface area contributed by atoms with Crippen molar-refractivity contribution in [2.24, 2.45) is 0 Å². The molecule has 2 aromatic rings. The third kappa shape index (κ3) is 7.19. The zero-order valence-corrected chi connectivity index (χ0v) is 14.7.